The molecule has 5 nitrogen and oxygen atoms in total. The Kier molecular flexibility index (Phi) is 5.42. The summed E-state index contributed by atoms with van der Waals surface area (Å²) in [6.07, 6.45) is 12.8. The first-order chi connectivity index (χ1) is 14.0. The number of amidine groups is 1. The van der Waals surface area contributed by atoms with E-state index in [1.807, 2.05) is 0 Å². The van der Waals surface area contributed by atoms with Crippen LogP contribution in [0.15, 0.2) is 4.99 Å². The van der Waals surface area contributed by atoms with Gasteiger partial charge >= 0.3 is 0 Å². The number of amides is 2. The summed E-state index contributed by atoms with van der Waals surface area (Å²) in [6, 6.07) is 0.434. The zero-order valence-electron chi connectivity index (χ0n) is 17.7. The van der Waals surface area contributed by atoms with Crippen molar-refractivity contribution in [3.63, 3.8) is 0 Å². The maximum Gasteiger partial charge on any atom is 0.242 e. The monoisotopic (exact) mass is 417 g/mol. The molecule has 2 aliphatic heterocycles. The number of carbonyl (C=O) groups is 2. The Morgan fingerprint density at radius 3 is 2.55 bits per heavy atom. The van der Waals surface area contributed by atoms with E-state index in [2.05, 4.69) is 17.1 Å². The van der Waals surface area contributed by atoms with E-state index in [0.29, 0.717) is 17.9 Å². The van der Waals surface area contributed by atoms with Crippen molar-refractivity contribution in [1.29, 1.82) is 0 Å². The van der Waals surface area contributed by atoms with Crippen molar-refractivity contribution in [3.8, 4) is 0 Å². The van der Waals surface area contributed by atoms with Gasteiger partial charge < -0.3 is 10.2 Å². The molecule has 29 heavy (non-hydrogen) atoms. The fourth-order valence-corrected chi connectivity index (χ4v) is 7.79. The molecule has 3 aliphatic carbocycles. The van der Waals surface area contributed by atoms with E-state index in [9.17, 15) is 9.59 Å². The fraction of sp³-hybridized carbons (Fsp3) is 0.870. The first-order valence-corrected chi connectivity index (χ1v) is 12.7. The van der Waals surface area contributed by atoms with Gasteiger partial charge in [-0.1, -0.05) is 31.0 Å². The van der Waals surface area contributed by atoms with Crippen LogP contribution in [-0.4, -0.2) is 45.8 Å². The minimum absolute atomic E-state index is 0.133. The number of thioether (sulfide) groups is 1. The van der Waals surface area contributed by atoms with Gasteiger partial charge in [-0.15, -0.1) is 0 Å². The number of rotatable bonds is 4. The van der Waals surface area contributed by atoms with Crippen LogP contribution in [0.4, 0.5) is 0 Å². The number of carbonyl (C=O) groups excluding carboxylic acids is 2. The second kappa shape index (κ2) is 7.90. The largest absolute Gasteiger partial charge is 0.342 e. The van der Waals surface area contributed by atoms with Crippen LogP contribution in [-0.2, 0) is 9.59 Å². The highest BCUT2D eigenvalue weighted by atomic mass is 32.2. The number of hydrogen-bond acceptors (Lipinski definition) is 4. The van der Waals surface area contributed by atoms with E-state index in [0.717, 1.165) is 62.2 Å². The van der Waals surface area contributed by atoms with Crippen LogP contribution in [0.1, 0.15) is 77.6 Å². The third kappa shape index (κ3) is 3.98. The maximum atomic E-state index is 12.8. The molecule has 1 unspecified atom stereocenters. The Morgan fingerprint density at radius 1 is 1.14 bits per heavy atom. The molecule has 1 N–H and O–H groups in total. The van der Waals surface area contributed by atoms with Crippen molar-refractivity contribution in [1.82, 2.24) is 10.2 Å². The molecule has 5 rings (SSSR count). The van der Waals surface area contributed by atoms with E-state index in [1.165, 1.54) is 38.5 Å². The van der Waals surface area contributed by atoms with Crippen LogP contribution in [0.3, 0.4) is 0 Å². The van der Waals surface area contributed by atoms with E-state index in [4.69, 9.17) is 4.99 Å². The summed E-state index contributed by atoms with van der Waals surface area (Å²) in [4.78, 5) is 32.5. The van der Waals surface area contributed by atoms with Crippen LogP contribution in [0.25, 0.3) is 0 Å². The Balaban J connectivity index is 1.14. The van der Waals surface area contributed by atoms with Gasteiger partial charge in [0.1, 0.15) is 0 Å². The highest BCUT2D eigenvalue weighted by molar-refractivity contribution is 8.16. The number of nitrogens with zero attached hydrogens (tertiary/aromatic N) is 2. The minimum atomic E-state index is -0.404. The molecule has 0 aromatic carbocycles. The van der Waals surface area contributed by atoms with Gasteiger partial charge in [0, 0.05) is 19.0 Å². The molecule has 2 heterocycles. The summed E-state index contributed by atoms with van der Waals surface area (Å²) in [6.45, 7) is 3.83. The lowest BCUT2D eigenvalue weighted by Gasteiger charge is -2.35. The van der Waals surface area contributed by atoms with Gasteiger partial charge in [-0.05, 0) is 76.0 Å². The Labute approximate surface area is 178 Å². The lowest BCUT2D eigenvalue weighted by atomic mass is 9.86. The fourth-order valence-electron chi connectivity index (χ4n) is 6.57. The van der Waals surface area contributed by atoms with Gasteiger partial charge in [0.2, 0.25) is 11.8 Å². The molecular weight excluding hydrogens is 382 g/mol. The molecule has 0 spiro atoms. The molecule has 2 amide bonds. The number of piperidine rings is 1. The predicted molar refractivity (Wildman–Crippen MR) is 117 cm³/mol. The Hall–Kier alpha value is -1.04. The number of aliphatic imine (C=N–C) groups is 1. The molecule has 0 aromatic rings. The predicted octanol–water partition coefficient (Wildman–Crippen LogP) is 3.97. The van der Waals surface area contributed by atoms with Crippen molar-refractivity contribution in [3.05, 3.63) is 0 Å². The molecule has 4 atom stereocenters. The smallest absolute Gasteiger partial charge is 0.242 e. The van der Waals surface area contributed by atoms with Gasteiger partial charge in [-0.3, -0.25) is 14.6 Å². The van der Waals surface area contributed by atoms with Crippen LogP contribution in [0.5, 0.6) is 0 Å². The van der Waals surface area contributed by atoms with E-state index >= 15 is 0 Å². The molecule has 3 saturated carbocycles. The minimum Gasteiger partial charge on any atom is -0.342 e. The van der Waals surface area contributed by atoms with Crippen LogP contribution in [0.2, 0.25) is 0 Å². The molecule has 2 bridgehead atoms. The van der Waals surface area contributed by atoms with Crippen LogP contribution >= 0.6 is 11.8 Å². The highest BCUT2D eigenvalue weighted by Crippen LogP contribution is 2.47. The third-order valence-corrected chi connectivity index (χ3v) is 9.52. The topological polar surface area (TPSA) is 61.8 Å². The van der Waals surface area contributed by atoms with E-state index < -0.39 is 4.75 Å². The number of likely N-dealkylation sites (tertiary alicyclic amines) is 1. The molecule has 2 saturated heterocycles. The lowest BCUT2D eigenvalue weighted by molar-refractivity contribution is -0.137. The SMILES string of the molecule is CC1(CC2CCN(C(=O)C3CCCC3)CC2)SC(=N[C@H]2C[C@H]3CC[C@H]2C3)NC1=O. The zero-order valence-corrected chi connectivity index (χ0v) is 18.5. The molecule has 5 aliphatic rings. The molecule has 5 fully saturated rings. The number of nitrogens with one attached hydrogen (secondary N) is 1. The van der Waals surface area contributed by atoms with Crippen molar-refractivity contribution >= 4 is 28.7 Å². The summed E-state index contributed by atoms with van der Waals surface area (Å²) in [5.74, 6) is 2.95. The van der Waals surface area contributed by atoms with Crippen molar-refractivity contribution < 1.29 is 9.59 Å². The van der Waals surface area contributed by atoms with Gasteiger partial charge in [0.15, 0.2) is 5.17 Å². The first-order valence-electron chi connectivity index (χ1n) is 11.9. The molecule has 0 aromatic heterocycles. The standard InChI is InChI=1S/C23H35N3O2S/c1-23(14-15-8-10-26(11-9-15)20(27)17-4-2-3-5-17)21(28)25-22(29-23)24-19-13-16-6-7-18(19)12-16/h15-19H,2-14H2,1H3,(H,24,25,28)/t16-,18-,19-,23?/m0/s1. The second-order valence-electron chi connectivity index (χ2n) is 10.4. The molecule has 160 valence electrons. The quantitative estimate of drug-likeness (QED) is 0.753. The van der Waals surface area contributed by atoms with Gasteiger partial charge in [0.25, 0.3) is 0 Å². The van der Waals surface area contributed by atoms with Crippen molar-refractivity contribution in [2.45, 2.75) is 88.3 Å². The van der Waals surface area contributed by atoms with Crippen molar-refractivity contribution in [2.75, 3.05) is 13.1 Å². The second-order valence-corrected chi connectivity index (χ2v) is 11.9. The normalized spacial score (nSPS) is 39.6. The van der Waals surface area contributed by atoms with Gasteiger partial charge in [-0.2, -0.15) is 0 Å². The number of hydrogen-bond donors (Lipinski definition) is 1. The Bertz CT molecular complexity index is 696. The average molecular weight is 418 g/mol. The van der Waals surface area contributed by atoms with Crippen LogP contribution < -0.4 is 5.32 Å². The highest BCUT2D eigenvalue weighted by Gasteiger charge is 2.46. The number of fused-ring (bicyclic) bond motifs is 2. The summed E-state index contributed by atoms with van der Waals surface area (Å²) in [5, 5.41) is 3.96. The first kappa shape index (κ1) is 19.9. The zero-order chi connectivity index (χ0) is 20.0. The maximum absolute atomic E-state index is 12.8. The van der Waals surface area contributed by atoms with E-state index in [1.54, 1.807) is 11.8 Å². The van der Waals surface area contributed by atoms with Crippen molar-refractivity contribution in [2.24, 2.45) is 28.7 Å². The van der Waals surface area contributed by atoms with Gasteiger partial charge in [-0.25, -0.2) is 0 Å². The lowest BCUT2D eigenvalue weighted by Crippen LogP contribution is -2.43. The molecular formula is C23H35N3O2S. The Morgan fingerprint density at radius 2 is 1.90 bits per heavy atom. The van der Waals surface area contributed by atoms with E-state index in [-0.39, 0.29) is 11.8 Å². The van der Waals surface area contributed by atoms with Crippen LogP contribution in [0, 0.1) is 23.7 Å². The third-order valence-electron chi connectivity index (χ3n) is 8.32. The summed E-state index contributed by atoms with van der Waals surface area (Å²) >= 11 is 1.67. The molecule has 0 radical (unpaired) electrons. The summed E-state index contributed by atoms with van der Waals surface area (Å²) in [5.41, 5.74) is 0. The summed E-state index contributed by atoms with van der Waals surface area (Å²) < 4.78 is -0.404. The molecule has 6 heteroatoms. The summed E-state index contributed by atoms with van der Waals surface area (Å²) in [7, 11) is 0. The van der Waals surface area contributed by atoms with Gasteiger partial charge in [0.05, 0.1) is 10.8 Å². The average Bonchev–Trinajstić information content (AvgIpc) is 3.48.